The first-order valence-corrected chi connectivity index (χ1v) is 10.9. The molecule has 0 aliphatic carbocycles. The fourth-order valence-corrected chi connectivity index (χ4v) is 3.79. The van der Waals surface area contributed by atoms with Crippen molar-refractivity contribution in [2.24, 2.45) is 0 Å². The van der Waals surface area contributed by atoms with Gasteiger partial charge in [-0.05, 0) is 57.3 Å². The molecule has 2 aromatic carbocycles. The maximum atomic E-state index is 13.2. The minimum Gasteiger partial charge on any atom is -0.486 e. The van der Waals surface area contributed by atoms with Crippen LogP contribution in [0.25, 0.3) is 0 Å². The zero-order valence-electron chi connectivity index (χ0n) is 18.1. The van der Waals surface area contributed by atoms with Gasteiger partial charge in [0, 0.05) is 24.0 Å². The molecule has 0 unspecified atom stereocenters. The number of nitrogens with zero attached hydrogens (tertiary/aromatic N) is 3. The van der Waals surface area contributed by atoms with E-state index in [-0.39, 0.29) is 5.91 Å². The minimum atomic E-state index is 0.0421. The van der Waals surface area contributed by atoms with Crippen LogP contribution in [0.2, 0.25) is 0 Å². The molecule has 3 aromatic rings. The molecular formula is C24H29N3O2S. The highest BCUT2D eigenvalue weighted by molar-refractivity contribution is 7.09. The van der Waals surface area contributed by atoms with Crippen molar-refractivity contribution in [1.29, 1.82) is 0 Å². The van der Waals surface area contributed by atoms with Gasteiger partial charge in [0.2, 0.25) is 0 Å². The molecule has 3 rings (SSSR count). The van der Waals surface area contributed by atoms with E-state index < -0.39 is 0 Å². The lowest BCUT2D eigenvalue weighted by atomic mass is 10.1. The summed E-state index contributed by atoms with van der Waals surface area (Å²) in [5.41, 5.74) is 3.79. The highest BCUT2D eigenvalue weighted by Crippen LogP contribution is 2.19. The van der Waals surface area contributed by atoms with E-state index in [0.717, 1.165) is 34.1 Å². The molecule has 0 atom stereocenters. The van der Waals surface area contributed by atoms with Gasteiger partial charge in [-0.2, -0.15) is 0 Å². The number of rotatable bonds is 9. The van der Waals surface area contributed by atoms with Crippen molar-refractivity contribution in [2.75, 3.05) is 27.2 Å². The van der Waals surface area contributed by atoms with Gasteiger partial charge in [-0.1, -0.05) is 30.3 Å². The minimum absolute atomic E-state index is 0.0421. The Labute approximate surface area is 182 Å². The molecule has 0 saturated carbocycles. The maximum absolute atomic E-state index is 13.2. The number of carbonyl (C=O) groups is 1. The molecule has 1 amide bonds. The third-order valence-corrected chi connectivity index (χ3v) is 5.65. The Morgan fingerprint density at radius 2 is 1.87 bits per heavy atom. The lowest BCUT2D eigenvalue weighted by Crippen LogP contribution is -2.36. The molecule has 158 valence electrons. The molecule has 0 bridgehead atoms. The number of carbonyl (C=O) groups excluding carboxylic acids is 1. The van der Waals surface area contributed by atoms with Crippen LogP contribution < -0.4 is 4.74 Å². The number of thiazole rings is 1. The topological polar surface area (TPSA) is 45.7 Å². The first kappa shape index (κ1) is 22.0. The average Bonchev–Trinajstić information content (AvgIpc) is 3.17. The van der Waals surface area contributed by atoms with Crippen molar-refractivity contribution < 1.29 is 9.53 Å². The largest absolute Gasteiger partial charge is 0.486 e. The third-order valence-electron chi connectivity index (χ3n) is 4.78. The molecule has 0 radical (unpaired) electrons. The van der Waals surface area contributed by atoms with Crippen molar-refractivity contribution in [3.8, 4) is 5.75 Å². The van der Waals surface area contributed by atoms with Crippen LogP contribution >= 0.6 is 11.3 Å². The van der Waals surface area contributed by atoms with E-state index in [9.17, 15) is 4.79 Å². The van der Waals surface area contributed by atoms with Crippen LogP contribution in [0.4, 0.5) is 0 Å². The Kier molecular flexibility index (Phi) is 7.60. The molecule has 1 aromatic heterocycles. The van der Waals surface area contributed by atoms with Gasteiger partial charge in [0.25, 0.3) is 5.91 Å². The summed E-state index contributed by atoms with van der Waals surface area (Å²) in [7, 11) is 4.03. The molecule has 0 fully saturated rings. The van der Waals surface area contributed by atoms with Crippen LogP contribution in [0.5, 0.6) is 5.75 Å². The van der Waals surface area contributed by atoms with Gasteiger partial charge in [0.1, 0.15) is 17.4 Å². The molecule has 6 heteroatoms. The summed E-state index contributed by atoms with van der Waals surface area (Å²) in [6.45, 7) is 6.38. The predicted molar refractivity (Wildman–Crippen MR) is 122 cm³/mol. The quantitative estimate of drug-likeness (QED) is 0.507. The van der Waals surface area contributed by atoms with E-state index in [1.807, 2.05) is 86.8 Å². The Balaban J connectivity index is 1.68. The second kappa shape index (κ2) is 10.4. The lowest BCUT2D eigenvalue weighted by molar-refractivity contribution is 0.0729. The normalized spacial score (nSPS) is 11.0. The number of likely N-dealkylation sites (N-methyl/N-ethyl adjacent to an activating group) is 1. The second-order valence-electron chi connectivity index (χ2n) is 7.68. The lowest BCUT2D eigenvalue weighted by Gasteiger charge is -2.24. The second-order valence-corrected chi connectivity index (χ2v) is 8.63. The van der Waals surface area contributed by atoms with E-state index in [4.69, 9.17) is 9.72 Å². The van der Waals surface area contributed by atoms with Crippen molar-refractivity contribution in [3.05, 3.63) is 81.3 Å². The standard InChI is InChI=1S/C24H29N3O2S/c1-18-8-7-10-21(14-18)29-16-23-25-20(17-30-23)15-27(13-12-26(3)4)24(28)22-11-6-5-9-19(22)2/h5-11,14,17H,12-13,15-16H2,1-4H3. The van der Waals surface area contributed by atoms with Crippen LogP contribution in [0.15, 0.2) is 53.9 Å². The maximum Gasteiger partial charge on any atom is 0.254 e. The van der Waals surface area contributed by atoms with Crippen molar-refractivity contribution in [2.45, 2.75) is 27.0 Å². The smallest absolute Gasteiger partial charge is 0.254 e. The van der Waals surface area contributed by atoms with Gasteiger partial charge in [-0.25, -0.2) is 4.98 Å². The number of ether oxygens (including phenoxy) is 1. The van der Waals surface area contributed by atoms with Gasteiger partial charge in [-0.15, -0.1) is 11.3 Å². The van der Waals surface area contributed by atoms with Crippen LogP contribution in [0.1, 0.15) is 32.2 Å². The van der Waals surface area contributed by atoms with Crippen molar-refractivity contribution in [1.82, 2.24) is 14.8 Å². The molecule has 0 aliphatic heterocycles. The first-order chi connectivity index (χ1) is 14.4. The molecule has 0 spiro atoms. The monoisotopic (exact) mass is 423 g/mol. The average molecular weight is 424 g/mol. The third kappa shape index (κ3) is 6.15. The van der Waals surface area contributed by atoms with E-state index in [2.05, 4.69) is 4.90 Å². The number of amides is 1. The van der Waals surface area contributed by atoms with E-state index in [0.29, 0.717) is 19.7 Å². The van der Waals surface area contributed by atoms with Gasteiger partial charge >= 0.3 is 0 Å². The fourth-order valence-electron chi connectivity index (χ4n) is 3.09. The Bertz CT molecular complexity index is 984. The van der Waals surface area contributed by atoms with Gasteiger partial charge in [-0.3, -0.25) is 4.79 Å². The Hall–Kier alpha value is -2.70. The summed E-state index contributed by atoms with van der Waals surface area (Å²) in [4.78, 5) is 21.9. The van der Waals surface area contributed by atoms with Crippen LogP contribution in [-0.4, -0.2) is 47.9 Å². The molecule has 0 aliphatic rings. The summed E-state index contributed by atoms with van der Waals surface area (Å²) in [6.07, 6.45) is 0. The first-order valence-electron chi connectivity index (χ1n) is 10.0. The SMILES string of the molecule is Cc1cccc(OCc2nc(CN(CCN(C)C)C(=O)c3ccccc3C)cs2)c1. The van der Waals surface area contributed by atoms with Gasteiger partial charge < -0.3 is 14.5 Å². The highest BCUT2D eigenvalue weighted by Gasteiger charge is 2.19. The number of aromatic nitrogens is 1. The summed E-state index contributed by atoms with van der Waals surface area (Å²) < 4.78 is 5.86. The van der Waals surface area contributed by atoms with Gasteiger partial charge in [0.15, 0.2) is 0 Å². The molecule has 30 heavy (non-hydrogen) atoms. The fraction of sp³-hybridized carbons (Fsp3) is 0.333. The molecule has 1 heterocycles. The summed E-state index contributed by atoms with van der Waals surface area (Å²) in [5, 5.41) is 2.92. The Morgan fingerprint density at radius 1 is 1.07 bits per heavy atom. The van der Waals surface area contributed by atoms with Gasteiger partial charge in [0.05, 0.1) is 12.2 Å². The molecule has 0 N–H and O–H groups in total. The Morgan fingerprint density at radius 3 is 2.60 bits per heavy atom. The van der Waals surface area contributed by atoms with Crippen molar-refractivity contribution in [3.63, 3.8) is 0 Å². The summed E-state index contributed by atoms with van der Waals surface area (Å²) in [5.74, 6) is 0.884. The zero-order chi connectivity index (χ0) is 21.5. The van der Waals surface area contributed by atoms with Crippen molar-refractivity contribution >= 4 is 17.2 Å². The number of benzene rings is 2. The molecule has 5 nitrogen and oxygen atoms in total. The van der Waals surface area contributed by atoms with Crippen LogP contribution in [0, 0.1) is 13.8 Å². The summed E-state index contributed by atoms with van der Waals surface area (Å²) >= 11 is 1.57. The summed E-state index contributed by atoms with van der Waals surface area (Å²) in [6, 6.07) is 15.7. The van der Waals surface area contributed by atoms with Crippen LogP contribution in [-0.2, 0) is 13.2 Å². The van der Waals surface area contributed by atoms with Crippen LogP contribution in [0.3, 0.4) is 0 Å². The van der Waals surface area contributed by atoms with E-state index in [1.165, 1.54) is 5.56 Å². The zero-order valence-corrected chi connectivity index (χ0v) is 18.9. The molecule has 0 saturated heterocycles. The van der Waals surface area contributed by atoms with E-state index in [1.54, 1.807) is 11.3 Å². The highest BCUT2D eigenvalue weighted by atomic mass is 32.1. The number of aryl methyl sites for hydroxylation is 2. The molecular weight excluding hydrogens is 394 g/mol. The number of hydrogen-bond donors (Lipinski definition) is 0. The predicted octanol–water partition coefficient (Wildman–Crippen LogP) is 4.54. The van der Waals surface area contributed by atoms with E-state index >= 15 is 0 Å². The number of hydrogen-bond acceptors (Lipinski definition) is 5.